The fourth-order valence-corrected chi connectivity index (χ4v) is 0.598. The summed E-state index contributed by atoms with van der Waals surface area (Å²) in [6.07, 6.45) is -1.84. The summed E-state index contributed by atoms with van der Waals surface area (Å²) >= 11 is 0.200. The van der Waals surface area contributed by atoms with E-state index in [9.17, 15) is 9.59 Å². The minimum Gasteiger partial charge on any atom is -0.434 e. The monoisotopic (exact) mass is 210 g/mol. The van der Waals surface area contributed by atoms with E-state index >= 15 is 0 Å². The maximum absolute atomic E-state index is 10.5. The third kappa shape index (κ3) is 7.26. The SMILES string of the molecule is CCOC(=O)OSOC(=O)OCC. The molecule has 0 N–H and O–H groups in total. The molecule has 0 aliphatic carbocycles. The normalized spacial score (nSPS) is 8.77. The van der Waals surface area contributed by atoms with E-state index in [1.54, 1.807) is 13.8 Å². The smallest absolute Gasteiger partial charge is 0.434 e. The standard InChI is InChI=1S/C6H10O6S/c1-3-9-5(7)11-13-12-6(8)10-4-2/h3-4H2,1-2H3. The first-order chi connectivity index (χ1) is 6.20. The van der Waals surface area contributed by atoms with Crippen molar-refractivity contribution in [2.45, 2.75) is 13.8 Å². The Hall–Kier alpha value is -1.11. The van der Waals surface area contributed by atoms with Crippen LogP contribution in [0, 0.1) is 0 Å². The van der Waals surface area contributed by atoms with Crippen LogP contribution >= 0.6 is 12.3 Å². The fraction of sp³-hybridized carbons (Fsp3) is 0.667. The number of hydrogen-bond acceptors (Lipinski definition) is 7. The molecule has 0 aromatic carbocycles. The molecule has 0 aliphatic heterocycles. The van der Waals surface area contributed by atoms with Crippen molar-refractivity contribution >= 4 is 24.6 Å². The lowest BCUT2D eigenvalue weighted by atomic mass is 10.9. The van der Waals surface area contributed by atoms with E-state index in [1.165, 1.54) is 0 Å². The Bertz CT molecular complexity index is 153. The number of carbonyl (C=O) groups is 2. The molecule has 0 aromatic rings. The van der Waals surface area contributed by atoms with E-state index in [2.05, 4.69) is 17.8 Å². The van der Waals surface area contributed by atoms with Crippen LogP contribution in [0.1, 0.15) is 13.8 Å². The summed E-state index contributed by atoms with van der Waals surface area (Å²) in [6, 6.07) is 0. The lowest BCUT2D eigenvalue weighted by Crippen LogP contribution is -2.06. The van der Waals surface area contributed by atoms with Crippen LogP contribution in [0.15, 0.2) is 0 Å². The average Bonchev–Trinajstić information content (AvgIpc) is 2.05. The topological polar surface area (TPSA) is 71.1 Å². The summed E-state index contributed by atoms with van der Waals surface area (Å²) < 4.78 is 17.2. The summed E-state index contributed by atoms with van der Waals surface area (Å²) in [5, 5.41) is 0. The Morgan fingerprint density at radius 1 is 1.00 bits per heavy atom. The second-order valence-corrected chi connectivity index (χ2v) is 2.07. The van der Waals surface area contributed by atoms with Crippen LogP contribution in [0.4, 0.5) is 9.59 Å². The van der Waals surface area contributed by atoms with Crippen LogP contribution in [-0.2, 0) is 17.8 Å². The van der Waals surface area contributed by atoms with Gasteiger partial charge in [0.2, 0.25) is 0 Å². The largest absolute Gasteiger partial charge is 0.523 e. The predicted molar refractivity (Wildman–Crippen MR) is 43.8 cm³/mol. The zero-order valence-corrected chi connectivity index (χ0v) is 8.09. The molecule has 0 heterocycles. The van der Waals surface area contributed by atoms with Crippen LogP contribution in [0.3, 0.4) is 0 Å². The summed E-state index contributed by atoms with van der Waals surface area (Å²) in [6.45, 7) is 3.63. The number of ether oxygens (including phenoxy) is 2. The highest BCUT2D eigenvalue weighted by molar-refractivity contribution is 7.90. The van der Waals surface area contributed by atoms with Crippen molar-refractivity contribution in [3.63, 3.8) is 0 Å². The van der Waals surface area contributed by atoms with Gasteiger partial charge in [0.15, 0.2) is 0 Å². The van der Waals surface area contributed by atoms with Gasteiger partial charge in [-0.25, -0.2) is 9.59 Å². The van der Waals surface area contributed by atoms with Gasteiger partial charge in [-0.1, -0.05) is 0 Å². The third-order valence-electron chi connectivity index (χ3n) is 0.729. The molecule has 0 saturated heterocycles. The fourth-order valence-electron chi connectivity index (χ4n) is 0.356. The Balaban J connectivity index is 3.33. The van der Waals surface area contributed by atoms with Crippen LogP contribution in [0.5, 0.6) is 0 Å². The van der Waals surface area contributed by atoms with Gasteiger partial charge in [-0.15, -0.1) is 0 Å². The van der Waals surface area contributed by atoms with Gasteiger partial charge >= 0.3 is 24.6 Å². The maximum Gasteiger partial charge on any atom is 0.523 e. The van der Waals surface area contributed by atoms with E-state index in [1.807, 2.05) is 0 Å². The first-order valence-electron chi connectivity index (χ1n) is 3.55. The van der Waals surface area contributed by atoms with Gasteiger partial charge in [-0.05, 0) is 13.8 Å². The van der Waals surface area contributed by atoms with Gasteiger partial charge in [0.25, 0.3) is 0 Å². The van der Waals surface area contributed by atoms with Crippen LogP contribution in [-0.4, -0.2) is 25.5 Å². The Morgan fingerprint density at radius 2 is 1.38 bits per heavy atom. The van der Waals surface area contributed by atoms with Crippen molar-refractivity contribution < 1.29 is 27.4 Å². The molecular formula is C6H10O6S. The molecule has 0 bridgehead atoms. The maximum atomic E-state index is 10.5. The Kier molecular flexibility index (Phi) is 6.89. The molecule has 0 fully saturated rings. The molecule has 6 nitrogen and oxygen atoms in total. The highest BCUT2D eigenvalue weighted by Gasteiger charge is 2.08. The molecule has 0 rings (SSSR count). The number of rotatable bonds is 4. The van der Waals surface area contributed by atoms with Gasteiger partial charge in [0, 0.05) is 0 Å². The first-order valence-corrected chi connectivity index (χ1v) is 4.22. The van der Waals surface area contributed by atoms with Gasteiger partial charge in [-0.2, -0.15) is 0 Å². The number of carbonyl (C=O) groups excluding carboxylic acids is 2. The summed E-state index contributed by atoms with van der Waals surface area (Å²) in [7, 11) is 0. The summed E-state index contributed by atoms with van der Waals surface area (Å²) in [5.41, 5.74) is 0. The Labute approximate surface area is 79.9 Å². The van der Waals surface area contributed by atoms with Gasteiger partial charge in [0.1, 0.15) is 0 Å². The zero-order chi connectivity index (χ0) is 10.1. The molecule has 13 heavy (non-hydrogen) atoms. The highest BCUT2D eigenvalue weighted by atomic mass is 32.2. The molecular weight excluding hydrogens is 200 g/mol. The van der Waals surface area contributed by atoms with E-state index in [0.717, 1.165) is 0 Å². The molecule has 76 valence electrons. The van der Waals surface area contributed by atoms with Gasteiger partial charge in [0.05, 0.1) is 13.2 Å². The zero-order valence-electron chi connectivity index (χ0n) is 7.27. The molecule has 0 spiro atoms. The van der Waals surface area contributed by atoms with Crippen molar-refractivity contribution in [2.75, 3.05) is 13.2 Å². The minimum atomic E-state index is -0.920. The molecule has 7 heteroatoms. The lowest BCUT2D eigenvalue weighted by Gasteiger charge is -2.01. The molecule has 0 aromatic heterocycles. The first kappa shape index (κ1) is 11.9. The van der Waals surface area contributed by atoms with Crippen molar-refractivity contribution in [1.82, 2.24) is 0 Å². The minimum absolute atomic E-state index is 0.193. The van der Waals surface area contributed by atoms with Crippen molar-refractivity contribution in [2.24, 2.45) is 0 Å². The molecule has 0 amide bonds. The quantitative estimate of drug-likeness (QED) is 0.518. The van der Waals surface area contributed by atoms with Crippen molar-refractivity contribution in [1.29, 1.82) is 0 Å². The molecule has 0 aliphatic rings. The van der Waals surface area contributed by atoms with Gasteiger partial charge in [-0.3, -0.25) is 0 Å². The van der Waals surface area contributed by atoms with Crippen molar-refractivity contribution in [3.05, 3.63) is 0 Å². The molecule has 0 radical (unpaired) electrons. The summed E-state index contributed by atoms with van der Waals surface area (Å²) in [5.74, 6) is 0. The average molecular weight is 210 g/mol. The van der Waals surface area contributed by atoms with Crippen LogP contribution < -0.4 is 0 Å². The molecule has 0 atom stereocenters. The Morgan fingerprint density at radius 3 is 1.69 bits per heavy atom. The lowest BCUT2D eigenvalue weighted by molar-refractivity contribution is 0.0969. The van der Waals surface area contributed by atoms with Crippen molar-refractivity contribution in [3.8, 4) is 0 Å². The van der Waals surface area contributed by atoms with Crippen LogP contribution in [0.2, 0.25) is 0 Å². The summed E-state index contributed by atoms with van der Waals surface area (Å²) in [4.78, 5) is 21.0. The molecule has 0 unspecified atom stereocenters. The van der Waals surface area contributed by atoms with E-state index in [4.69, 9.17) is 0 Å². The van der Waals surface area contributed by atoms with Crippen LogP contribution in [0.25, 0.3) is 0 Å². The van der Waals surface area contributed by atoms with E-state index < -0.39 is 12.3 Å². The predicted octanol–water partition coefficient (Wildman–Crippen LogP) is 1.90. The van der Waals surface area contributed by atoms with E-state index in [-0.39, 0.29) is 25.5 Å². The second-order valence-electron chi connectivity index (χ2n) is 1.60. The third-order valence-corrected chi connectivity index (χ3v) is 1.14. The van der Waals surface area contributed by atoms with E-state index in [0.29, 0.717) is 0 Å². The second kappa shape index (κ2) is 7.53. The van der Waals surface area contributed by atoms with Gasteiger partial charge < -0.3 is 17.8 Å². The highest BCUT2D eigenvalue weighted by Crippen LogP contribution is 2.07. The number of hydrogen-bond donors (Lipinski definition) is 0. The molecule has 0 saturated carbocycles.